The van der Waals surface area contributed by atoms with Crippen LogP contribution in [0.3, 0.4) is 0 Å². The zero-order valence-corrected chi connectivity index (χ0v) is 13.5. The second-order valence-electron chi connectivity index (χ2n) is 5.45. The van der Waals surface area contributed by atoms with Gasteiger partial charge in [0.15, 0.2) is 0 Å². The van der Waals surface area contributed by atoms with Gasteiger partial charge < -0.3 is 5.32 Å². The highest BCUT2D eigenvalue weighted by molar-refractivity contribution is 8.00. The van der Waals surface area contributed by atoms with Crippen LogP contribution in [0.25, 0.3) is 0 Å². The first-order valence-corrected chi connectivity index (χ1v) is 8.66. The molecule has 0 aliphatic rings. The van der Waals surface area contributed by atoms with E-state index in [1.807, 2.05) is 36.0 Å². The highest BCUT2D eigenvalue weighted by atomic mass is 32.2. The maximum atomic E-state index is 11.3. The van der Waals surface area contributed by atoms with Gasteiger partial charge in [-0.2, -0.15) is 11.8 Å². The minimum atomic E-state index is -0.897. The van der Waals surface area contributed by atoms with E-state index in [0.717, 1.165) is 16.3 Å². The Morgan fingerprint density at radius 3 is 2.28 bits per heavy atom. The summed E-state index contributed by atoms with van der Waals surface area (Å²) < 4.78 is 11.6. The lowest BCUT2D eigenvalue weighted by Gasteiger charge is -2.22. The van der Waals surface area contributed by atoms with Gasteiger partial charge in [-0.15, -0.1) is 0 Å². The van der Waals surface area contributed by atoms with Gasteiger partial charge in [-0.1, -0.05) is 20.8 Å². The van der Waals surface area contributed by atoms with E-state index in [-0.39, 0.29) is 0 Å². The lowest BCUT2D eigenvalue weighted by Crippen LogP contribution is -2.21. The molecule has 1 rings (SSSR count). The molecule has 0 fully saturated rings. The molecular formula is C14H23NOS2. The van der Waals surface area contributed by atoms with Crippen LogP contribution in [0.1, 0.15) is 27.7 Å². The molecule has 0 saturated heterocycles. The molecule has 2 nitrogen and oxygen atoms in total. The smallest absolute Gasteiger partial charge is 0.0498 e. The second-order valence-corrected chi connectivity index (χ2v) is 8.67. The van der Waals surface area contributed by atoms with Gasteiger partial charge in [0, 0.05) is 44.2 Å². The minimum Gasteiger partial charge on any atom is -0.382 e. The van der Waals surface area contributed by atoms with Crippen LogP contribution in [0.5, 0.6) is 0 Å². The molecule has 0 aliphatic heterocycles. The van der Waals surface area contributed by atoms with Crippen LogP contribution >= 0.6 is 11.8 Å². The maximum Gasteiger partial charge on any atom is 0.0498 e. The van der Waals surface area contributed by atoms with Crippen molar-refractivity contribution in [2.45, 2.75) is 43.4 Å². The summed E-state index contributed by atoms with van der Waals surface area (Å²) in [6.07, 6.45) is 1.70. The summed E-state index contributed by atoms with van der Waals surface area (Å²) in [7, 11) is -0.897. The van der Waals surface area contributed by atoms with Gasteiger partial charge in [-0.3, -0.25) is 4.21 Å². The number of benzene rings is 1. The third-order valence-corrected chi connectivity index (χ3v) is 4.83. The van der Waals surface area contributed by atoms with Crippen LogP contribution in [0, 0.1) is 0 Å². The number of anilines is 1. The zero-order valence-electron chi connectivity index (χ0n) is 11.8. The molecule has 0 radical (unpaired) electrons. The van der Waals surface area contributed by atoms with E-state index < -0.39 is 10.8 Å². The van der Waals surface area contributed by atoms with Gasteiger partial charge in [-0.05, 0) is 31.2 Å². The highest BCUT2D eigenvalue weighted by Gasteiger charge is 2.12. The molecule has 0 bridgehead atoms. The van der Waals surface area contributed by atoms with Crippen LogP contribution in [0.4, 0.5) is 5.69 Å². The average Bonchev–Trinajstić information content (AvgIpc) is 2.26. The molecule has 0 saturated carbocycles. The van der Waals surface area contributed by atoms with Crippen molar-refractivity contribution in [2.75, 3.05) is 17.3 Å². The molecule has 102 valence electrons. The standard InChI is InChI=1S/C14H23NOS2/c1-11(10-17-14(2,3)4)15-12-6-8-13(9-7-12)18(5)16/h6-9,11,15H,10H2,1-5H3/t11-,18+/m1/s1. The van der Waals surface area contributed by atoms with E-state index in [0.29, 0.717) is 10.8 Å². The molecule has 0 unspecified atom stereocenters. The van der Waals surface area contributed by atoms with Crippen molar-refractivity contribution >= 4 is 28.2 Å². The number of nitrogens with one attached hydrogen (secondary N) is 1. The molecule has 0 aromatic heterocycles. The summed E-state index contributed by atoms with van der Waals surface area (Å²) in [5.41, 5.74) is 1.09. The van der Waals surface area contributed by atoms with Crippen LogP contribution < -0.4 is 5.32 Å². The Morgan fingerprint density at radius 1 is 1.28 bits per heavy atom. The largest absolute Gasteiger partial charge is 0.382 e. The molecule has 1 aromatic rings. The Morgan fingerprint density at radius 2 is 1.83 bits per heavy atom. The minimum absolute atomic E-state index is 0.304. The first-order chi connectivity index (χ1) is 8.28. The third-order valence-electron chi connectivity index (χ3n) is 2.37. The highest BCUT2D eigenvalue weighted by Crippen LogP contribution is 2.24. The van der Waals surface area contributed by atoms with Crippen molar-refractivity contribution in [3.8, 4) is 0 Å². The Hall–Kier alpha value is -0.480. The number of hydrogen-bond donors (Lipinski definition) is 1. The molecule has 4 heteroatoms. The van der Waals surface area contributed by atoms with Gasteiger partial charge >= 0.3 is 0 Å². The summed E-state index contributed by atoms with van der Waals surface area (Å²) in [5.74, 6) is 1.07. The lowest BCUT2D eigenvalue weighted by molar-refractivity contribution is 0.687. The van der Waals surface area contributed by atoms with Gasteiger partial charge in [0.05, 0.1) is 0 Å². The molecule has 0 spiro atoms. The predicted octanol–water partition coefficient (Wildman–Crippen LogP) is 3.76. The third kappa shape index (κ3) is 5.91. The Bertz CT molecular complexity index is 395. The Kier molecular flexibility index (Phi) is 5.73. The van der Waals surface area contributed by atoms with Gasteiger partial charge in [0.2, 0.25) is 0 Å². The van der Waals surface area contributed by atoms with E-state index in [1.54, 1.807) is 6.26 Å². The fourth-order valence-corrected chi connectivity index (χ4v) is 2.80. The van der Waals surface area contributed by atoms with Gasteiger partial charge in [0.25, 0.3) is 0 Å². The van der Waals surface area contributed by atoms with Crippen molar-refractivity contribution in [3.63, 3.8) is 0 Å². The molecule has 2 atom stereocenters. The normalized spacial score (nSPS) is 15.2. The van der Waals surface area contributed by atoms with E-state index in [4.69, 9.17) is 0 Å². The first kappa shape index (κ1) is 15.6. The fraction of sp³-hybridized carbons (Fsp3) is 0.571. The predicted molar refractivity (Wildman–Crippen MR) is 84.1 cm³/mol. The maximum absolute atomic E-state index is 11.3. The summed E-state index contributed by atoms with van der Waals surface area (Å²) in [5, 5.41) is 3.46. The van der Waals surface area contributed by atoms with Crippen molar-refractivity contribution < 1.29 is 4.21 Å². The fourth-order valence-electron chi connectivity index (χ4n) is 1.44. The number of rotatable bonds is 5. The van der Waals surface area contributed by atoms with E-state index >= 15 is 0 Å². The lowest BCUT2D eigenvalue weighted by atomic mass is 10.3. The number of hydrogen-bond acceptors (Lipinski definition) is 3. The molecule has 18 heavy (non-hydrogen) atoms. The monoisotopic (exact) mass is 285 g/mol. The van der Waals surface area contributed by atoms with Crippen molar-refractivity contribution in [1.82, 2.24) is 0 Å². The van der Waals surface area contributed by atoms with Crippen molar-refractivity contribution in [2.24, 2.45) is 0 Å². The quantitative estimate of drug-likeness (QED) is 0.893. The first-order valence-electron chi connectivity index (χ1n) is 6.12. The SMILES string of the molecule is C[C@H](CSC(C)(C)C)Nc1ccc([S@](C)=O)cc1. The van der Waals surface area contributed by atoms with E-state index in [1.165, 1.54) is 0 Å². The molecule has 1 N–H and O–H groups in total. The van der Waals surface area contributed by atoms with Crippen LogP contribution in [-0.4, -0.2) is 27.0 Å². The average molecular weight is 285 g/mol. The van der Waals surface area contributed by atoms with Crippen molar-refractivity contribution in [3.05, 3.63) is 24.3 Å². The summed E-state index contributed by atoms with van der Waals surface area (Å²) in [4.78, 5) is 0.872. The number of thioether (sulfide) groups is 1. The molecular weight excluding hydrogens is 262 g/mol. The topological polar surface area (TPSA) is 29.1 Å². The van der Waals surface area contributed by atoms with Crippen LogP contribution in [0.2, 0.25) is 0 Å². The molecule has 1 aromatic carbocycles. The van der Waals surface area contributed by atoms with Crippen LogP contribution in [0.15, 0.2) is 29.2 Å². The Labute approximate surface area is 117 Å². The Balaban J connectivity index is 2.49. The van der Waals surface area contributed by atoms with Gasteiger partial charge in [-0.25, -0.2) is 0 Å². The summed E-state index contributed by atoms with van der Waals surface area (Å²) in [6, 6.07) is 8.25. The van der Waals surface area contributed by atoms with Crippen molar-refractivity contribution in [1.29, 1.82) is 0 Å². The molecule has 0 amide bonds. The summed E-state index contributed by atoms with van der Waals surface area (Å²) in [6.45, 7) is 8.88. The van der Waals surface area contributed by atoms with E-state index in [9.17, 15) is 4.21 Å². The zero-order chi connectivity index (χ0) is 13.8. The van der Waals surface area contributed by atoms with Gasteiger partial charge in [0.1, 0.15) is 0 Å². The molecule has 0 heterocycles. The second kappa shape index (κ2) is 6.62. The van der Waals surface area contributed by atoms with Crippen LogP contribution in [-0.2, 0) is 10.8 Å². The molecule has 0 aliphatic carbocycles. The van der Waals surface area contributed by atoms with E-state index in [2.05, 4.69) is 33.0 Å². The summed E-state index contributed by atoms with van der Waals surface area (Å²) >= 11 is 1.96.